The van der Waals surface area contributed by atoms with Crippen molar-refractivity contribution in [2.45, 2.75) is 17.8 Å². The molecular weight excluding hydrogens is 200 g/mol. The Labute approximate surface area is 85.0 Å². The van der Waals surface area contributed by atoms with Gasteiger partial charge in [0, 0.05) is 19.3 Å². The number of rotatable bonds is 3. The lowest BCUT2D eigenvalue weighted by atomic mass is 10.7. The fourth-order valence-electron chi connectivity index (χ4n) is 0.882. The molecule has 0 saturated carbocycles. The Morgan fingerprint density at radius 1 is 1.29 bits per heavy atom. The minimum absolute atomic E-state index is 0.578. The number of hydrogen-bond acceptors (Lipinski definition) is 6. The SMILES string of the molecule is Cc1nnc(CSc2ncccn2)o1. The van der Waals surface area contributed by atoms with Gasteiger partial charge in [0.15, 0.2) is 5.16 Å². The monoisotopic (exact) mass is 208 g/mol. The third kappa shape index (κ3) is 2.29. The van der Waals surface area contributed by atoms with Crippen molar-refractivity contribution in [1.29, 1.82) is 0 Å². The van der Waals surface area contributed by atoms with Crippen molar-refractivity contribution in [2.75, 3.05) is 0 Å². The maximum absolute atomic E-state index is 5.21. The van der Waals surface area contributed by atoms with Crippen molar-refractivity contribution in [3.63, 3.8) is 0 Å². The van der Waals surface area contributed by atoms with E-state index in [1.807, 2.05) is 0 Å². The number of aromatic nitrogens is 4. The molecule has 0 aliphatic carbocycles. The molecule has 0 radical (unpaired) electrons. The van der Waals surface area contributed by atoms with E-state index in [0.717, 1.165) is 0 Å². The van der Waals surface area contributed by atoms with Crippen LogP contribution in [0.15, 0.2) is 28.0 Å². The predicted octanol–water partition coefficient (Wildman–Crippen LogP) is 1.46. The van der Waals surface area contributed by atoms with E-state index in [1.54, 1.807) is 25.4 Å². The minimum atomic E-state index is 0.578. The summed E-state index contributed by atoms with van der Waals surface area (Å²) in [5, 5.41) is 8.31. The van der Waals surface area contributed by atoms with Crippen molar-refractivity contribution < 1.29 is 4.42 Å². The molecule has 0 N–H and O–H groups in total. The third-order valence-corrected chi connectivity index (χ3v) is 2.30. The average Bonchev–Trinajstić information content (AvgIpc) is 2.63. The molecule has 2 aromatic heterocycles. The van der Waals surface area contributed by atoms with Gasteiger partial charge in [-0.1, -0.05) is 11.8 Å². The molecule has 0 unspecified atom stereocenters. The van der Waals surface area contributed by atoms with Gasteiger partial charge < -0.3 is 4.42 Å². The summed E-state index contributed by atoms with van der Waals surface area (Å²) in [6.45, 7) is 1.76. The summed E-state index contributed by atoms with van der Waals surface area (Å²) in [4.78, 5) is 8.13. The van der Waals surface area contributed by atoms with Crippen molar-refractivity contribution in [2.24, 2.45) is 0 Å². The Bertz CT molecular complexity index is 403. The van der Waals surface area contributed by atoms with Gasteiger partial charge in [-0.05, 0) is 6.07 Å². The van der Waals surface area contributed by atoms with Crippen molar-refractivity contribution in [3.05, 3.63) is 30.2 Å². The lowest BCUT2D eigenvalue weighted by Crippen LogP contribution is -1.85. The average molecular weight is 208 g/mol. The molecule has 6 heteroatoms. The molecule has 2 rings (SSSR count). The quantitative estimate of drug-likeness (QED) is 0.562. The van der Waals surface area contributed by atoms with Crippen LogP contribution in [0.2, 0.25) is 0 Å². The van der Waals surface area contributed by atoms with E-state index in [2.05, 4.69) is 20.2 Å². The van der Waals surface area contributed by atoms with Crippen molar-refractivity contribution in [3.8, 4) is 0 Å². The zero-order chi connectivity index (χ0) is 9.80. The molecular formula is C8H8N4OS. The highest BCUT2D eigenvalue weighted by atomic mass is 32.2. The van der Waals surface area contributed by atoms with Gasteiger partial charge in [0.1, 0.15) is 0 Å². The van der Waals surface area contributed by atoms with E-state index in [-0.39, 0.29) is 0 Å². The van der Waals surface area contributed by atoms with Crippen LogP contribution < -0.4 is 0 Å². The van der Waals surface area contributed by atoms with Crippen LogP contribution in [0.3, 0.4) is 0 Å². The van der Waals surface area contributed by atoms with Crippen LogP contribution in [0.25, 0.3) is 0 Å². The lowest BCUT2D eigenvalue weighted by Gasteiger charge is -1.93. The van der Waals surface area contributed by atoms with Crippen LogP contribution in [-0.4, -0.2) is 20.2 Å². The van der Waals surface area contributed by atoms with E-state index in [4.69, 9.17) is 4.42 Å². The summed E-state index contributed by atoms with van der Waals surface area (Å²) in [5.74, 6) is 1.78. The molecule has 14 heavy (non-hydrogen) atoms. The van der Waals surface area contributed by atoms with Gasteiger partial charge >= 0.3 is 0 Å². The number of nitrogens with zero attached hydrogens (tertiary/aromatic N) is 4. The summed E-state index contributed by atoms with van der Waals surface area (Å²) in [7, 11) is 0. The van der Waals surface area contributed by atoms with Gasteiger partial charge in [0.2, 0.25) is 11.8 Å². The largest absolute Gasteiger partial charge is 0.425 e. The van der Waals surface area contributed by atoms with Gasteiger partial charge in [0.05, 0.1) is 5.75 Å². The highest BCUT2D eigenvalue weighted by Crippen LogP contribution is 2.16. The summed E-state index contributed by atoms with van der Waals surface area (Å²) in [5.41, 5.74) is 0. The normalized spacial score (nSPS) is 10.4. The topological polar surface area (TPSA) is 64.7 Å². The maximum Gasteiger partial charge on any atom is 0.226 e. The molecule has 0 saturated heterocycles. The fourth-order valence-corrected chi connectivity index (χ4v) is 1.52. The molecule has 0 aliphatic heterocycles. The Kier molecular flexibility index (Phi) is 2.73. The summed E-state index contributed by atoms with van der Waals surface area (Å²) >= 11 is 1.47. The first-order valence-corrected chi connectivity index (χ1v) is 5.02. The van der Waals surface area contributed by atoms with Gasteiger partial charge in [-0.25, -0.2) is 9.97 Å². The Hall–Kier alpha value is -1.43. The van der Waals surface area contributed by atoms with E-state index >= 15 is 0 Å². The molecule has 0 aliphatic rings. The number of aryl methyl sites for hydroxylation is 1. The van der Waals surface area contributed by atoms with Gasteiger partial charge in [-0.3, -0.25) is 0 Å². The zero-order valence-corrected chi connectivity index (χ0v) is 8.36. The molecule has 0 bridgehead atoms. The molecule has 0 fully saturated rings. The standard InChI is InChI=1S/C8H8N4OS/c1-6-11-12-7(13-6)5-14-8-9-3-2-4-10-8/h2-4H,5H2,1H3. The first-order chi connectivity index (χ1) is 6.84. The molecule has 5 nitrogen and oxygen atoms in total. The van der Waals surface area contributed by atoms with Gasteiger partial charge in [-0.15, -0.1) is 10.2 Å². The smallest absolute Gasteiger partial charge is 0.226 e. The minimum Gasteiger partial charge on any atom is -0.425 e. The first-order valence-electron chi connectivity index (χ1n) is 4.03. The maximum atomic E-state index is 5.21. The third-order valence-electron chi connectivity index (χ3n) is 1.43. The zero-order valence-electron chi connectivity index (χ0n) is 7.54. The second-order valence-electron chi connectivity index (χ2n) is 2.53. The van der Waals surface area contributed by atoms with Crippen LogP contribution in [0.4, 0.5) is 0 Å². The van der Waals surface area contributed by atoms with E-state index in [0.29, 0.717) is 22.7 Å². The predicted molar refractivity (Wildman–Crippen MR) is 50.6 cm³/mol. The summed E-state index contributed by atoms with van der Waals surface area (Å²) in [6.07, 6.45) is 3.41. The molecule has 0 atom stereocenters. The van der Waals surface area contributed by atoms with Crippen LogP contribution in [0.1, 0.15) is 11.8 Å². The molecule has 0 aromatic carbocycles. The van der Waals surface area contributed by atoms with Crippen molar-refractivity contribution >= 4 is 11.8 Å². The number of thioether (sulfide) groups is 1. The molecule has 0 spiro atoms. The van der Waals surface area contributed by atoms with Crippen LogP contribution in [0, 0.1) is 6.92 Å². The van der Waals surface area contributed by atoms with E-state index < -0.39 is 0 Å². The second-order valence-corrected chi connectivity index (χ2v) is 3.48. The van der Waals surface area contributed by atoms with E-state index in [1.165, 1.54) is 11.8 Å². The molecule has 2 aromatic rings. The molecule has 0 amide bonds. The molecule has 72 valence electrons. The Morgan fingerprint density at radius 3 is 2.71 bits per heavy atom. The highest BCUT2D eigenvalue weighted by Gasteiger charge is 2.03. The summed E-state index contributed by atoms with van der Waals surface area (Å²) < 4.78 is 5.21. The van der Waals surface area contributed by atoms with E-state index in [9.17, 15) is 0 Å². The van der Waals surface area contributed by atoms with Gasteiger partial charge in [0.25, 0.3) is 0 Å². The fraction of sp³-hybridized carbons (Fsp3) is 0.250. The Morgan fingerprint density at radius 2 is 2.07 bits per heavy atom. The van der Waals surface area contributed by atoms with Crippen LogP contribution in [-0.2, 0) is 5.75 Å². The second kappa shape index (κ2) is 4.19. The van der Waals surface area contributed by atoms with Crippen LogP contribution >= 0.6 is 11.8 Å². The van der Waals surface area contributed by atoms with Crippen LogP contribution in [0.5, 0.6) is 0 Å². The highest BCUT2D eigenvalue weighted by molar-refractivity contribution is 7.98. The molecule has 2 heterocycles. The van der Waals surface area contributed by atoms with Gasteiger partial charge in [-0.2, -0.15) is 0 Å². The lowest BCUT2D eigenvalue weighted by molar-refractivity contribution is 0.485. The van der Waals surface area contributed by atoms with Crippen molar-refractivity contribution in [1.82, 2.24) is 20.2 Å². The Balaban J connectivity index is 1.95. The summed E-state index contributed by atoms with van der Waals surface area (Å²) in [6, 6.07) is 1.78. The first kappa shape index (κ1) is 9.14. The number of hydrogen-bond donors (Lipinski definition) is 0.